The second-order valence-electron chi connectivity index (χ2n) is 9.97. The average Bonchev–Trinajstić information content (AvgIpc) is 3.61. The fourth-order valence-electron chi connectivity index (χ4n) is 5.62. The third-order valence-electron chi connectivity index (χ3n) is 7.48. The van der Waals surface area contributed by atoms with Crippen molar-refractivity contribution in [2.75, 3.05) is 13.2 Å². The standard InChI is InChI=1S/2C12H15NO5S.2Na.5H2O/c2*1-5(14)7-10(15)13-8(12(16)17)9(19-11(7)13)6-3-2-4-18-6;;;;;;;/h2*5-7,11,14H,2-4H2,1H3,(H,16,17);;;5*1H2/q;;2*+1;;;;;/p-2/t2*5-,6-,7?,11?;;;;;;;/m11......./s1. The number of hydrogen-bond acceptors (Lipinski definition) is 12. The second-order valence-corrected chi connectivity index (χ2v) is 12.3. The topological polar surface area (TPSA) is 337 Å². The number of aliphatic carboxylic acids is 2. The zero-order valence-electron chi connectivity index (χ0n) is 25.2. The van der Waals surface area contributed by atoms with Gasteiger partial charge in [-0.15, -0.1) is 0 Å². The van der Waals surface area contributed by atoms with Crippen LogP contribution in [0, 0.1) is 11.8 Å². The number of carbonyl (C=O) groups is 4. The summed E-state index contributed by atoms with van der Waals surface area (Å²) in [6.07, 6.45) is 1.19. The Kier molecular flexibility index (Phi) is 21.4. The summed E-state index contributed by atoms with van der Waals surface area (Å²) in [6, 6.07) is 0. The van der Waals surface area contributed by atoms with Gasteiger partial charge in [0.15, 0.2) is 0 Å². The molecule has 0 aliphatic carbocycles. The molecule has 6 aliphatic rings. The summed E-state index contributed by atoms with van der Waals surface area (Å²) in [4.78, 5) is 50.1. The fourth-order valence-corrected chi connectivity index (χ4v) is 9.01. The number of fused-ring (bicyclic) bond motifs is 2. The molecule has 0 saturated carbocycles. The fraction of sp³-hybridized carbons (Fsp3) is 0.667. The van der Waals surface area contributed by atoms with E-state index in [0.717, 1.165) is 25.7 Å². The molecule has 4 saturated heterocycles. The molecular weight excluding hydrogens is 666 g/mol. The molecule has 21 heteroatoms. The van der Waals surface area contributed by atoms with Crippen LogP contribution in [0.15, 0.2) is 21.2 Å². The van der Waals surface area contributed by atoms with Crippen molar-refractivity contribution in [1.82, 2.24) is 9.80 Å². The Labute approximate surface area is 311 Å². The van der Waals surface area contributed by atoms with Gasteiger partial charge in [0.1, 0.15) is 10.7 Å². The molecular formula is C24H38N2Na2O15S2. The quantitative estimate of drug-likeness (QED) is 0.192. The van der Waals surface area contributed by atoms with E-state index in [1.165, 1.54) is 33.3 Å². The molecule has 8 atom stereocenters. The Morgan fingerprint density at radius 2 is 1.04 bits per heavy atom. The van der Waals surface area contributed by atoms with Gasteiger partial charge in [-0.25, -0.2) is 0 Å². The maximum Gasteiger partial charge on any atom is 1.00 e. The molecule has 6 aliphatic heterocycles. The Morgan fingerprint density at radius 1 is 0.733 bits per heavy atom. The molecule has 0 spiro atoms. The van der Waals surface area contributed by atoms with E-state index < -0.39 is 36.0 Å². The molecule has 0 aromatic heterocycles. The maximum atomic E-state index is 11.9. The molecule has 0 aromatic carbocycles. The van der Waals surface area contributed by atoms with E-state index in [2.05, 4.69) is 0 Å². The minimum absolute atomic E-state index is 0. The van der Waals surface area contributed by atoms with E-state index in [0.29, 0.717) is 23.0 Å². The number of carbonyl (C=O) groups excluding carboxylic acids is 4. The summed E-state index contributed by atoms with van der Waals surface area (Å²) < 4.78 is 11.0. The van der Waals surface area contributed by atoms with Crippen LogP contribution in [-0.4, -0.2) is 120 Å². The van der Waals surface area contributed by atoms with Gasteiger partial charge in [-0.2, -0.15) is 0 Å². The molecule has 2 amide bonds. The van der Waals surface area contributed by atoms with Gasteiger partial charge in [0.25, 0.3) is 0 Å². The zero-order chi connectivity index (χ0) is 27.5. The number of nitrogens with zero attached hydrogens (tertiary/aromatic N) is 2. The first-order valence-electron chi connectivity index (χ1n) is 12.5. The number of β-lactam (4-membered cyclic amide) rings is 2. The monoisotopic (exact) mass is 704 g/mol. The second kappa shape index (κ2) is 19.6. The van der Waals surface area contributed by atoms with Gasteiger partial charge in [-0.3, -0.25) is 19.4 Å². The molecule has 0 aromatic rings. The number of aliphatic hydroxyl groups is 2. The molecule has 17 nitrogen and oxygen atoms in total. The van der Waals surface area contributed by atoms with Gasteiger partial charge in [0, 0.05) is 23.0 Å². The van der Waals surface area contributed by atoms with Gasteiger partial charge in [-0.05, 0) is 39.5 Å². The molecule has 4 fully saturated rings. The smallest absolute Gasteiger partial charge is 0.543 e. The van der Waals surface area contributed by atoms with E-state index in [1.54, 1.807) is 13.8 Å². The average molecular weight is 705 g/mol. The number of amides is 2. The van der Waals surface area contributed by atoms with Crippen molar-refractivity contribution in [3.05, 3.63) is 21.2 Å². The van der Waals surface area contributed by atoms with Crippen LogP contribution >= 0.6 is 23.5 Å². The summed E-state index contributed by atoms with van der Waals surface area (Å²) >= 11 is 2.63. The van der Waals surface area contributed by atoms with Gasteiger partial charge in [0.05, 0.1) is 59.6 Å². The number of carboxylic acids is 2. The normalized spacial score (nSPS) is 29.9. The molecule has 6 rings (SSSR count). The summed E-state index contributed by atoms with van der Waals surface area (Å²) in [5, 5.41) is 41.1. The molecule has 248 valence electrons. The van der Waals surface area contributed by atoms with Crippen molar-refractivity contribution < 1.29 is 136 Å². The Hall–Kier alpha value is -0.300. The van der Waals surface area contributed by atoms with Crippen molar-refractivity contribution in [2.45, 2.75) is 74.7 Å². The minimum atomic E-state index is -1.35. The van der Waals surface area contributed by atoms with E-state index in [9.17, 15) is 39.6 Å². The van der Waals surface area contributed by atoms with Crippen molar-refractivity contribution in [2.24, 2.45) is 11.8 Å². The number of hydrogen-bond donors (Lipinski definition) is 2. The van der Waals surface area contributed by atoms with Crippen molar-refractivity contribution in [3.8, 4) is 0 Å². The Bertz CT molecular complexity index is 1040. The third kappa shape index (κ3) is 8.66. The van der Waals surface area contributed by atoms with Gasteiger partial charge < -0.3 is 66.9 Å². The zero-order valence-corrected chi connectivity index (χ0v) is 30.9. The van der Waals surface area contributed by atoms with E-state index in [-0.39, 0.29) is 133 Å². The van der Waals surface area contributed by atoms with Gasteiger partial charge >= 0.3 is 59.1 Å². The van der Waals surface area contributed by atoms with Crippen LogP contribution in [0.1, 0.15) is 39.5 Å². The number of carboxylic acid groups (broad SMARTS) is 2. The molecule has 6 heterocycles. The molecule has 0 bridgehead atoms. The molecule has 45 heavy (non-hydrogen) atoms. The number of thioether (sulfide) groups is 2. The molecule has 4 unspecified atom stereocenters. The van der Waals surface area contributed by atoms with E-state index >= 15 is 0 Å². The van der Waals surface area contributed by atoms with Gasteiger partial charge in [-0.1, -0.05) is 23.5 Å². The number of rotatable bonds is 6. The SMILES string of the molecule is C[C@@H](O)C1C(=O)N2C(C(=O)[O-])=C([C@H]3CCCO3)SC12.C[C@@H](O)C1C(=O)N2C(C(=O)[O-])=C([C@H]3CCCO3)SC12.O.O.O.O.O.[Na+].[Na+]. The largest absolute Gasteiger partial charge is 1.00 e. The van der Waals surface area contributed by atoms with Crippen LogP contribution in [0.3, 0.4) is 0 Å². The van der Waals surface area contributed by atoms with Crippen LogP contribution in [0.25, 0.3) is 0 Å². The summed E-state index contributed by atoms with van der Waals surface area (Å²) in [5.41, 5.74) is -0.132. The van der Waals surface area contributed by atoms with E-state index in [4.69, 9.17) is 9.47 Å². The first kappa shape index (κ1) is 49.1. The molecule has 12 N–H and O–H groups in total. The van der Waals surface area contributed by atoms with Crippen LogP contribution in [0.2, 0.25) is 0 Å². The number of ether oxygens (including phenoxy) is 2. The van der Waals surface area contributed by atoms with Gasteiger partial charge in [0.2, 0.25) is 11.8 Å². The predicted molar refractivity (Wildman–Crippen MR) is 147 cm³/mol. The van der Waals surface area contributed by atoms with E-state index in [1.807, 2.05) is 0 Å². The molecule has 0 radical (unpaired) electrons. The van der Waals surface area contributed by atoms with Crippen molar-refractivity contribution >= 4 is 47.3 Å². The predicted octanol–water partition coefficient (Wildman–Crippen LogP) is -12.0. The minimum Gasteiger partial charge on any atom is -0.543 e. The first-order valence-corrected chi connectivity index (χ1v) is 14.3. The Balaban J connectivity index is -0.000000678. The summed E-state index contributed by atoms with van der Waals surface area (Å²) in [6.45, 7) is 4.30. The number of aliphatic hydroxyl groups excluding tert-OH is 2. The van der Waals surface area contributed by atoms with Crippen molar-refractivity contribution in [3.63, 3.8) is 0 Å². The summed E-state index contributed by atoms with van der Waals surface area (Å²) in [7, 11) is 0. The van der Waals surface area contributed by atoms with Crippen LogP contribution in [0.4, 0.5) is 0 Å². The maximum absolute atomic E-state index is 11.9. The first-order chi connectivity index (χ1) is 18.0. The summed E-state index contributed by atoms with van der Waals surface area (Å²) in [5.74, 6) is -4.48. The van der Waals surface area contributed by atoms with Crippen LogP contribution < -0.4 is 69.3 Å². The van der Waals surface area contributed by atoms with Crippen molar-refractivity contribution in [1.29, 1.82) is 0 Å². The third-order valence-corrected chi connectivity index (χ3v) is 10.4. The Morgan fingerprint density at radius 3 is 1.27 bits per heavy atom. The van der Waals surface area contributed by atoms with Crippen LogP contribution in [-0.2, 0) is 28.7 Å². The van der Waals surface area contributed by atoms with Crippen LogP contribution in [0.5, 0.6) is 0 Å².